The van der Waals surface area contributed by atoms with Crippen molar-refractivity contribution in [2.45, 2.75) is 37.5 Å². The number of benzene rings is 1. The second-order valence-electron chi connectivity index (χ2n) is 9.17. The van der Waals surface area contributed by atoms with Crippen LogP contribution in [0, 0.1) is 11.6 Å². The van der Waals surface area contributed by atoms with E-state index in [1.54, 1.807) is 21.9 Å². The Morgan fingerprint density at radius 2 is 1.89 bits per heavy atom. The second-order valence-corrected chi connectivity index (χ2v) is 9.17. The highest BCUT2D eigenvalue weighted by molar-refractivity contribution is 5.81. The SMILES string of the molecule is Nc1ncnc2c1ncn2Cc1cc(-c2ccc(F)c(F)c2)ncc1N1CCCC(N)([C@@H](O)C(F)F)C1. The first-order chi connectivity index (χ1) is 17.7. The number of pyridine rings is 1. The summed E-state index contributed by atoms with van der Waals surface area (Å²) in [7, 11) is 0. The first-order valence-electron chi connectivity index (χ1n) is 11.5. The van der Waals surface area contributed by atoms with E-state index in [0.717, 1.165) is 12.1 Å². The Labute approximate surface area is 208 Å². The summed E-state index contributed by atoms with van der Waals surface area (Å²) in [5.41, 5.74) is 13.5. The highest BCUT2D eigenvalue weighted by Crippen LogP contribution is 2.33. The Balaban J connectivity index is 1.58. The number of halogens is 4. The van der Waals surface area contributed by atoms with Crippen LogP contribution >= 0.6 is 0 Å². The van der Waals surface area contributed by atoms with E-state index in [9.17, 15) is 22.7 Å². The van der Waals surface area contributed by atoms with Gasteiger partial charge in [-0.25, -0.2) is 32.5 Å². The summed E-state index contributed by atoms with van der Waals surface area (Å²) < 4.78 is 55.9. The Morgan fingerprint density at radius 3 is 2.65 bits per heavy atom. The van der Waals surface area contributed by atoms with Crippen LogP contribution in [0.2, 0.25) is 0 Å². The van der Waals surface area contributed by atoms with Gasteiger partial charge >= 0.3 is 0 Å². The van der Waals surface area contributed by atoms with Crippen molar-refractivity contribution in [2.24, 2.45) is 5.73 Å². The molecule has 4 heterocycles. The van der Waals surface area contributed by atoms with Gasteiger partial charge in [0.25, 0.3) is 6.43 Å². The van der Waals surface area contributed by atoms with E-state index in [0.29, 0.717) is 46.6 Å². The molecular weight excluding hydrogens is 492 g/mol. The predicted octanol–water partition coefficient (Wildman–Crippen LogP) is 2.72. The lowest BCUT2D eigenvalue weighted by Crippen LogP contribution is -2.63. The van der Waals surface area contributed by atoms with Crippen LogP contribution in [0.5, 0.6) is 0 Å². The Morgan fingerprint density at radius 1 is 1.08 bits per heavy atom. The Hall–Kier alpha value is -3.84. The number of nitrogen functional groups attached to an aromatic ring is 1. The van der Waals surface area contributed by atoms with Gasteiger partial charge in [-0.2, -0.15) is 0 Å². The summed E-state index contributed by atoms with van der Waals surface area (Å²) in [5, 5.41) is 10.1. The first-order valence-corrected chi connectivity index (χ1v) is 11.5. The molecule has 1 fully saturated rings. The lowest BCUT2D eigenvalue weighted by Gasteiger charge is -2.44. The summed E-state index contributed by atoms with van der Waals surface area (Å²) in [5.74, 6) is -1.78. The van der Waals surface area contributed by atoms with Crippen LogP contribution in [0.3, 0.4) is 0 Å². The number of rotatable bonds is 6. The molecule has 1 saturated heterocycles. The van der Waals surface area contributed by atoms with Crippen molar-refractivity contribution in [3.8, 4) is 11.3 Å². The van der Waals surface area contributed by atoms with Gasteiger partial charge in [0.05, 0.1) is 36.0 Å². The number of piperidine rings is 1. The van der Waals surface area contributed by atoms with Crippen LogP contribution in [0.15, 0.2) is 43.1 Å². The van der Waals surface area contributed by atoms with E-state index in [1.807, 2.05) is 0 Å². The van der Waals surface area contributed by atoms with E-state index in [4.69, 9.17) is 11.5 Å². The first kappa shape index (κ1) is 24.8. The van der Waals surface area contributed by atoms with Crippen molar-refractivity contribution >= 4 is 22.7 Å². The minimum atomic E-state index is -2.99. The number of nitrogens with two attached hydrogens (primary N) is 2. The number of fused-ring (bicyclic) bond motifs is 1. The third-order valence-electron chi connectivity index (χ3n) is 6.68. The molecule has 5 N–H and O–H groups in total. The number of aliphatic hydroxyl groups excluding tert-OH is 1. The van der Waals surface area contributed by atoms with Crippen molar-refractivity contribution in [3.63, 3.8) is 0 Å². The number of hydrogen-bond acceptors (Lipinski definition) is 8. The molecule has 0 bridgehead atoms. The molecule has 3 aromatic heterocycles. The zero-order chi connectivity index (χ0) is 26.3. The van der Waals surface area contributed by atoms with Gasteiger partial charge < -0.3 is 26.0 Å². The molecule has 0 saturated carbocycles. The third kappa shape index (κ3) is 4.67. The molecule has 5 rings (SSSR count). The molecule has 0 radical (unpaired) electrons. The van der Waals surface area contributed by atoms with Crippen molar-refractivity contribution in [1.29, 1.82) is 0 Å². The van der Waals surface area contributed by atoms with Crippen molar-refractivity contribution in [3.05, 3.63) is 60.3 Å². The standard InChI is InChI=1S/C24H24F4N8O/c25-15-3-2-13(6-16(15)26)17-7-14(9-36-12-34-19-22(29)32-11-33-23(19)36)18(8-31-17)35-5-1-4-24(30,10-35)20(37)21(27)28/h2-3,6-8,11-12,20-21,37H,1,4-5,9-10,30H2,(H2,29,32,33)/t20-,24?/m0/s1. The van der Waals surface area contributed by atoms with Gasteiger partial charge in [0.15, 0.2) is 23.1 Å². The molecule has 0 amide bonds. The maximum Gasteiger partial charge on any atom is 0.265 e. The lowest BCUT2D eigenvalue weighted by atomic mass is 9.84. The maximum absolute atomic E-state index is 13.9. The minimum absolute atomic E-state index is 0.0303. The van der Waals surface area contributed by atoms with Crippen LogP contribution in [0.4, 0.5) is 29.1 Å². The largest absolute Gasteiger partial charge is 0.385 e. The zero-order valence-corrected chi connectivity index (χ0v) is 19.5. The minimum Gasteiger partial charge on any atom is -0.385 e. The van der Waals surface area contributed by atoms with Crippen LogP contribution in [0.25, 0.3) is 22.4 Å². The van der Waals surface area contributed by atoms with Crippen molar-refractivity contribution in [2.75, 3.05) is 23.7 Å². The molecule has 2 atom stereocenters. The molecule has 1 unspecified atom stereocenters. The average molecular weight is 517 g/mol. The molecule has 9 nitrogen and oxygen atoms in total. The van der Waals surface area contributed by atoms with E-state index >= 15 is 0 Å². The normalized spacial score (nSPS) is 19.1. The smallest absolute Gasteiger partial charge is 0.265 e. The molecular formula is C24H24F4N8O. The summed E-state index contributed by atoms with van der Waals surface area (Å²) in [4.78, 5) is 18.7. The molecule has 1 aromatic carbocycles. The molecule has 37 heavy (non-hydrogen) atoms. The number of anilines is 2. The number of nitrogens with zero attached hydrogens (tertiary/aromatic N) is 6. The van der Waals surface area contributed by atoms with E-state index < -0.39 is 29.7 Å². The summed E-state index contributed by atoms with van der Waals surface area (Å²) in [6.07, 6.45) is 0.117. The Bertz CT molecular complexity index is 1450. The van der Waals surface area contributed by atoms with Crippen LogP contribution < -0.4 is 16.4 Å². The average Bonchev–Trinajstić information content (AvgIpc) is 3.29. The van der Waals surface area contributed by atoms with Gasteiger partial charge in [0, 0.05) is 18.7 Å². The quantitative estimate of drug-likeness (QED) is 0.334. The maximum atomic E-state index is 13.9. The fourth-order valence-electron chi connectivity index (χ4n) is 4.72. The molecule has 0 aliphatic carbocycles. The van der Waals surface area contributed by atoms with E-state index in [2.05, 4.69) is 19.9 Å². The van der Waals surface area contributed by atoms with Gasteiger partial charge in [0.2, 0.25) is 0 Å². The fraction of sp³-hybridized carbons (Fsp3) is 0.333. The second kappa shape index (κ2) is 9.56. The monoisotopic (exact) mass is 516 g/mol. The van der Waals surface area contributed by atoms with Gasteiger partial charge in [-0.15, -0.1) is 0 Å². The van der Waals surface area contributed by atoms with Crippen molar-refractivity contribution < 1.29 is 22.7 Å². The number of aromatic nitrogens is 5. The molecule has 13 heteroatoms. The highest BCUT2D eigenvalue weighted by Gasteiger charge is 2.43. The zero-order valence-electron chi connectivity index (χ0n) is 19.5. The highest BCUT2D eigenvalue weighted by atomic mass is 19.3. The number of imidazole rings is 1. The number of aliphatic hydroxyl groups is 1. The molecule has 0 spiro atoms. The number of hydrogen-bond donors (Lipinski definition) is 3. The predicted molar refractivity (Wildman–Crippen MR) is 129 cm³/mol. The molecule has 1 aliphatic heterocycles. The molecule has 194 valence electrons. The fourth-order valence-corrected chi connectivity index (χ4v) is 4.72. The Kier molecular flexibility index (Phi) is 6.42. The molecule has 1 aliphatic rings. The van der Waals surface area contributed by atoms with Crippen LogP contribution in [-0.2, 0) is 6.54 Å². The van der Waals surface area contributed by atoms with Crippen LogP contribution in [0.1, 0.15) is 18.4 Å². The topological polar surface area (TPSA) is 132 Å². The van der Waals surface area contributed by atoms with Crippen LogP contribution in [-0.4, -0.2) is 60.8 Å². The van der Waals surface area contributed by atoms with Gasteiger partial charge in [-0.3, -0.25) is 4.98 Å². The van der Waals surface area contributed by atoms with Crippen molar-refractivity contribution in [1.82, 2.24) is 24.5 Å². The van der Waals surface area contributed by atoms with Gasteiger partial charge in [-0.05, 0) is 42.7 Å². The number of alkyl halides is 2. The summed E-state index contributed by atoms with van der Waals surface area (Å²) in [6, 6.07) is 5.18. The third-order valence-corrected chi connectivity index (χ3v) is 6.68. The summed E-state index contributed by atoms with van der Waals surface area (Å²) >= 11 is 0. The lowest BCUT2D eigenvalue weighted by molar-refractivity contribution is -0.0529. The van der Waals surface area contributed by atoms with E-state index in [1.165, 1.54) is 18.6 Å². The molecule has 4 aromatic rings. The van der Waals surface area contributed by atoms with E-state index in [-0.39, 0.29) is 25.3 Å². The summed E-state index contributed by atoms with van der Waals surface area (Å²) in [6.45, 7) is 0.679. The van der Waals surface area contributed by atoms with Gasteiger partial charge in [-0.1, -0.05) is 0 Å². The van der Waals surface area contributed by atoms with Gasteiger partial charge in [0.1, 0.15) is 17.9 Å².